The van der Waals surface area contributed by atoms with Gasteiger partial charge in [0.2, 0.25) is 0 Å². The number of esters is 1. The maximum absolute atomic E-state index is 13.3. The maximum Gasteiger partial charge on any atom is 0.337 e. The molecule has 0 aromatic heterocycles. The van der Waals surface area contributed by atoms with E-state index in [9.17, 15) is 14.4 Å². The van der Waals surface area contributed by atoms with E-state index in [2.05, 4.69) is 10.6 Å². The first kappa shape index (κ1) is 24.0. The Morgan fingerprint density at radius 2 is 1.54 bits per heavy atom. The normalized spacial score (nSPS) is 15.2. The van der Waals surface area contributed by atoms with Crippen LogP contribution in [0.2, 0.25) is 5.02 Å². The zero-order valence-corrected chi connectivity index (χ0v) is 19.9. The summed E-state index contributed by atoms with van der Waals surface area (Å²) in [6, 6.07) is 19.8. The van der Waals surface area contributed by atoms with Crippen molar-refractivity contribution in [3.8, 4) is 5.75 Å². The first-order valence-corrected chi connectivity index (χ1v) is 11.2. The highest BCUT2D eigenvalue weighted by Crippen LogP contribution is 2.31. The van der Waals surface area contributed by atoms with Gasteiger partial charge in [0.05, 0.1) is 18.7 Å². The van der Waals surface area contributed by atoms with Crippen molar-refractivity contribution in [2.45, 2.75) is 19.6 Å². The molecule has 0 spiro atoms. The van der Waals surface area contributed by atoms with Crippen LogP contribution < -0.4 is 15.4 Å². The van der Waals surface area contributed by atoms with Crippen LogP contribution in [-0.4, -0.2) is 24.9 Å². The maximum atomic E-state index is 13.3. The van der Waals surface area contributed by atoms with E-state index in [1.54, 1.807) is 67.6 Å². The molecule has 1 unspecified atom stereocenters. The molecule has 2 amide bonds. The van der Waals surface area contributed by atoms with Gasteiger partial charge in [-0.1, -0.05) is 35.9 Å². The average Bonchev–Trinajstić information content (AvgIpc) is 2.87. The Hall–Kier alpha value is -4.10. The summed E-state index contributed by atoms with van der Waals surface area (Å²) >= 11 is 5.96. The van der Waals surface area contributed by atoms with Gasteiger partial charge >= 0.3 is 12.0 Å². The van der Waals surface area contributed by atoms with Crippen molar-refractivity contribution < 1.29 is 23.9 Å². The minimum atomic E-state index is -0.619. The number of ketones is 1. The Morgan fingerprint density at radius 1 is 0.914 bits per heavy atom. The van der Waals surface area contributed by atoms with Gasteiger partial charge in [-0.25, -0.2) is 9.59 Å². The molecule has 1 atom stereocenters. The molecule has 3 aromatic rings. The third-order valence-electron chi connectivity index (χ3n) is 5.61. The van der Waals surface area contributed by atoms with Gasteiger partial charge < -0.3 is 20.1 Å². The van der Waals surface area contributed by atoms with Crippen LogP contribution in [0.4, 0.5) is 4.79 Å². The molecule has 0 radical (unpaired) electrons. The molecule has 1 heterocycles. The SMILES string of the molecule is COC(=O)c1ccc(COc2ccc(C3NC(=O)NC(C)=C3C(=O)c3ccc(Cl)cc3)cc2)cc1. The average molecular weight is 491 g/mol. The predicted molar refractivity (Wildman–Crippen MR) is 131 cm³/mol. The molecule has 8 heteroatoms. The molecule has 0 saturated heterocycles. The molecule has 0 bridgehead atoms. The number of urea groups is 1. The zero-order chi connectivity index (χ0) is 24.9. The number of rotatable bonds is 7. The van der Waals surface area contributed by atoms with Crippen molar-refractivity contribution in [2.24, 2.45) is 0 Å². The standard InChI is InChI=1S/C27H23ClN2O5/c1-16-23(25(31)19-7-11-21(28)12-8-19)24(30-27(33)29-16)18-9-13-22(14-10-18)35-15-17-3-5-20(6-4-17)26(32)34-2/h3-14,24H,15H2,1-2H3,(H2,29,30,33). The number of methoxy groups -OCH3 is 1. The molecule has 35 heavy (non-hydrogen) atoms. The van der Waals surface area contributed by atoms with Crippen molar-refractivity contribution in [1.29, 1.82) is 0 Å². The monoisotopic (exact) mass is 490 g/mol. The minimum absolute atomic E-state index is 0.201. The van der Waals surface area contributed by atoms with Crippen molar-refractivity contribution in [2.75, 3.05) is 7.11 Å². The minimum Gasteiger partial charge on any atom is -0.489 e. The Labute approximate surface area is 207 Å². The number of Topliss-reactive ketones (excluding diaryl/α,β-unsaturated/α-hetero) is 1. The summed E-state index contributed by atoms with van der Waals surface area (Å²) < 4.78 is 10.6. The van der Waals surface area contributed by atoms with Crippen LogP contribution in [0.25, 0.3) is 0 Å². The van der Waals surface area contributed by atoms with Crippen molar-refractivity contribution >= 4 is 29.4 Å². The largest absolute Gasteiger partial charge is 0.489 e. The molecule has 4 rings (SSSR count). The van der Waals surface area contributed by atoms with Crippen LogP contribution in [0.5, 0.6) is 5.75 Å². The number of allylic oxidation sites excluding steroid dienone is 1. The van der Waals surface area contributed by atoms with Gasteiger partial charge in [-0.15, -0.1) is 0 Å². The molecule has 0 saturated carbocycles. The lowest BCUT2D eigenvalue weighted by atomic mass is 9.89. The van der Waals surface area contributed by atoms with Gasteiger partial charge in [0.15, 0.2) is 5.78 Å². The fourth-order valence-electron chi connectivity index (χ4n) is 3.78. The molecule has 1 aliphatic heterocycles. The van der Waals surface area contributed by atoms with Crippen LogP contribution in [0, 0.1) is 0 Å². The number of hydrogen-bond donors (Lipinski definition) is 2. The Bertz CT molecular complexity index is 1280. The highest BCUT2D eigenvalue weighted by molar-refractivity contribution is 6.30. The van der Waals surface area contributed by atoms with Gasteiger partial charge in [-0.2, -0.15) is 0 Å². The predicted octanol–water partition coefficient (Wildman–Crippen LogP) is 5.22. The molecule has 2 N–H and O–H groups in total. The molecule has 0 aliphatic carbocycles. The number of hydrogen-bond acceptors (Lipinski definition) is 5. The number of nitrogens with one attached hydrogen (secondary N) is 2. The van der Waals surface area contributed by atoms with E-state index in [1.807, 2.05) is 12.1 Å². The van der Waals surface area contributed by atoms with Gasteiger partial charge in [0, 0.05) is 21.9 Å². The van der Waals surface area contributed by atoms with Crippen molar-refractivity contribution in [3.05, 3.63) is 111 Å². The highest BCUT2D eigenvalue weighted by Gasteiger charge is 2.31. The Balaban J connectivity index is 1.50. The van der Waals surface area contributed by atoms with E-state index < -0.39 is 12.0 Å². The van der Waals surface area contributed by atoms with E-state index >= 15 is 0 Å². The van der Waals surface area contributed by atoms with Crippen molar-refractivity contribution in [3.63, 3.8) is 0 Å². The summed E-state index contributed by atoms with van der Waals surface area (Å²) in [5.74, 6) is 0.0287. The lowest BCUT2D eigenvalue weighted by Gasteiger charge is -2.28. The van der Waals surface area contributed by atoms with Crippen molar-refractivity contribution in [1.82, 2.24) is 10.6 Å². The van der Waals surface area contributed by atoms with E-state index in [4.69, 9.17) is 21.1 Å². The smallest absolute Gasteiger partial charge is 0.337 e. The summed E-state index contributed by atoms with van der Waals surface area (Å²) in [4.78, 5) is 37.0. The number of carbonyl (C=O) groups excluding carboxylic acids is 3. The molecular formula is C27H23ClN2O5. The van der Waals surface area contributed by atoms with E-state index in [1.165, 1.54) is 7.11 Å². The van der Waals surface area contributed by atoms with Crippen LogP contribution in [0.3, 0.4) is 0 Å². The summed E-state index contributed by atoms with van der Waals surface area (Å²) in [6.45, 7) is 2.02. The zero-order valence-electron chi connectivity index (χ0n) is 19.1. The second-order valence-corrected chi connectivity index (χ2v) is 8.39. The fraction of sp³-hybridized carbons (Fsp3) is 0.148. The second-order valence-electron chi connectivity index (χ2n) is 7.95. The Morgan fingerprint density at radius 3 is 2.17 bits per heavy atom. The summed E-state index contributed by atoms with van der Waals surface area (Å²) in [5.41, 5.74) is 3.52. The number of benzene rings is 3. The third kappa shape index (κ3) is 5.53. The topological polar surface area (TPSA) is 93.7 Å². The molecule has 0 fully saturated rings. The quantitative estimate of drug-likeness (QED) is 0.350. The molecule has 7 nitrogen and oxygen atoms in total. The van der Waals surface area contributed by atoms with Gasteiger partial charge in [-0.05, 0) is 66.6 Å². The first-order valence-electron chi connectivity index (χ1n) is 10.8. The fourth-order valence-corrected chi connectivity index (χ4v) is 3.91. The summed E-state index contributed by atoms with van der Waals surface area (Å²) in [5, 5.41) is 6.06. The van der Waals surface area contributed by atoms with Crippen LogP contribution in [0.1, 0.15) is 44.8 Å². The Kier molecular flexibility index (Phi) is 7.17. The van der Waals surface area contributed by atoms with Crippen LogP contribution in [-0.2, 0) is 11.3 Å². The molecular weight excluding hydrogens is 468 g/mol. The second kappa shape index (κ2) is 10.4. The van der Waals surface area contributed by atoms with E-state index in [0.29, 0.717) is 39.8 Å². The van der Waals surface area contributed by atoms with Gasteiger partial charge in [-0.3, -0.25) is 4.79 Å². The molecule has 178 valence electrons. The number of halogens is 1. The first-order chi connectivity index (χ1) is 16.9. The lowest BCUT2D eigenvalue weighted by Crippen LogP contribution is -2.45. The lowest BCUT2D eigenvalue weighted by molar-refractivity contribution is 0.0600. The number of amides is 2. The molecule has 3 aromatic carbocycles. The highest BCUT2D eigenvalue weighted by atomic mass is 35.5. The van der Waals surface area contributed by atoms with Gasteiger partial charge in [0.1, 0.15) is 12.4 Å². The van der Waals surface area contributed by atoms with Gasteiger partial charge in [0.25, 0.3) is 0 Å². The summed E-state index contributed by atoms with van der Waals surface area (Å²) in [6.07, 6.45) is 0. The van der Waals surface area contributed by atoms with Crippen LogP contribution >= 0.6 is 11.6 Å². The summed E-state index contributed by atoms with van der Waals surface area (Å²) in [7, 11) is 1.34. The van der Waals surface area contributed by atoms with E-state index in [-0.39, 0.29) is 11.8 Å². The number of carbonyl (C=O) groups is 3. The van der Waals surface area contributed by atoms with Crippen LogP contribution in [0.15, 0.2) is 84.1 Å². The molecule has 1 aliphatic rings. The van der Waals surface area contributed by atoms with E-state index in [0.717, 1.165) is 11.1 Å². The number of ether oxygens (including phenoxy) is 2. The third-order valence-corrected chi connectivity index (χ3v) is 5.87.